The number of hydrogen-bond acceptors (Lipinski definition) is 1. The van der Waals surface area contributed by atoms with Crippen molar-refractivity contribution in [3.8, 4) is 0 Å². The highest BCUT2D eigenvalue weighted by molar-refractivity contribution is 5.73. The van der Waals surface area contributed by atoms with Crippen molar-refractivity contribution in [1.29, 1.82) is 0 Å². The van der Waals surface area contributed by atoms with Crippen molar-refractivity contribution >= 4 is 5.57 Å². The molecule has 0 fully saturated rings. The van der Waals surface area contributed by atoms with Gasteiger partial charge in [-0.15, -0.1) is 0 Å². The lowest BCUT2D eigenvalue weighted by atomic mass is 10.1. The molecule has 13 heavy (non-hydrogen) atoms. The maximum Gasteiger partial charge on any atom is 0.0707 e. The molecule has 0 aromatic carbocycles. The van der Waals surface area contributed by atoms with E-state index < -0.39 is 0 Å². The van der Waals surface area contributed by atoms with E-state index in [1.54, 1.807) is 0 Å². The van der Waals surface area contributed by atoms with Crippen LogP contribution in [0, 0.1) is 13.8 Å². The molecule has 0 atom stereocenters. The van der Waals surface area contributed by atoms with E-state index in [2.05, 4.69) is 24.7 Å². The molecule has 0 radical (unpaired) electrons. The second kappa shape index (κ2) is 3.60. The molecule has 0 saturated carbocycles. The van der Waals surface area contributed by atoms with Crippen LogP contribution in [0.25, 0.3) is 5.57 Å². The van der Waals surface area contributed by atoms with E-state index in [4.69, 9.17) is 0 Å². The van der Waals surface area contributed by atoms with Gasteiger partial charge in [-0.1, -0.05) is 18.7 Å². The highest BCUT2D eigenvalue weighted by atomic mass is 15.3. The van der Waals surface area contributed by atoms with E-state index in [9.17, 15) is 0 Å². The molecule has 1 aromatic rings. The van der Waals surface area contributed by atoms with Crippen molar-refractivity contribution < 1.29 is 0 Å². The van der Waals surface area contributed by atoms with Gasteiger partial charge < -0.3 is 0 Å². The van der Waals surface area contributed by atoms with Crippen LogP contribution in [0.2, 0.25) is 0 Å². The van der Waals surface area contributed by atoms with Crippen molar-refractivity contribution in [1.82, 2.24) is 9.78 Å². The van der Waals surface area contributed by atoms with Gasteiger partial charge in [-0.25, -0.2) is 0 Å². The lowest BCUT2D eigenvalue weighted by molar-refractivity contribution is 0.746. The first-order chi connectivity index (χ1) is 6.11. The molecule has 0 amide bonds. The van der Waals surface area contributed by atoms with Crippen LogP contribution < -0.4 is 0 Å². The largest absolute Gasteiger partial charge is 0.267 e. The Morgan fingerprint density at radius 1 is 1.46 bits per heavy atom. The lowest BCUT2D eigenvalue weighted by Crippen LogP contribution is -1.97. The molecule has 0 N–H and O–H groups in total. The van der Waals surface area contributed by atoms with Gasteiger partial charge in [0, 0.05) is 7.05 Å². The van der Waals surface area contributed by atoms with E-state index in [0.29, 0.717) is 0 Å². The van der Waals surface area contributed by atoms with Gasteiger partial charge in [0.05, 0.1) is 11.4 Å². The van der Waals surface area contributed by atoms with Gasteiger partial charge in [-0.2, -0.15) is 5.10 Å². The number of allylic oxidation sites excluding steroid dienone is 3. The zero-order valence-electron chi connectivity index (χ0n) is 8.76. The number of hydrogen-bond donors (Lipinski definition) is 0. The summed E-state index contributed by atoms with van der Waals surface area (Å²) in [5, 5.41) is 4.36. The molecular weight excluding hydrogens is 160 g/mol. The minimum atomic E-state index is 1.08. The summed E-state index contributed by atoms with van der Waals surface area (Å²) in [5.74, 6) is 0. The summed E-state index contributed by atoms with van der Waals surface area (Å²) in [5.41, 5.74) is 4.62. The molecule has 0 spiro atoms. The zero-order chi connectivity index (χ0) is 10.0. The predicted molar refractivity (Wildman–Crippen MR) is 56.5 cm³/mol. The Hall–Kier alpha value is -1.31. The highest BCUT2D eigenvalue weighted by Crippen LogP contribution is 2.21. The van der Waals surface area contributed by atoms with Crippen molar-refractivity contribution in [3.63, 3.8) is 0 Å². The van der Waals surface area contributed by atoms with E-state index in [-0.39, 0.29) is 0 Å². The molecule has 1 rings (SSSR count). The van der Waals surface area contributed by atoms with Gasteiger partial charge in [0.25, 0.3) is 0 Å². The SMILES string of the molecule is C=C/C(=C/C)c1c(C)c(C)nn1C. The Bertz CT molecular complexity index is 356. The smallest absolute Gasteiger partial charge is 0.0707 e. The Labute approximate surface area is 79.6 Å². The average Bonchev–Trinajstić information content (AvgIpc) is 2.34. The fourth-order valence-electron chi connectivity index (χ4n) is 1.52. The van der Waals surface area contributed by atoms with Crippen LogP contribution in [0.3, 0.4) is 0 Å². The van der Waals surface area contributed by atoms with Crippen LogP contribution in [-0.2, 0) is 7.05 Å². The van der Waals surface area contributed by atoms with Crippen LogP contribution in [-0.4, -0.2) is 9.78 Å². The molecule has 1 aromatic heterocycles. The Morgan fingerprint density at radius 2 is 2.08 bits per heavy atom. The van der Waals surface area contributed by atoms with E-state index in [1.165, 1.54) is 5.56 Å². The molecule has 2 heteroatoms. The third-order valence-corrected chi connectivity index (χ3v) is 2.33. The molecule has 70 valence electrons. The van der Waals surface area contributed by atoms with Gasteiger partial charge in [0.15, 0.2) is 0 Å². The first-order valence-electron chi connectivity index (χ1n) is 4.41. The summed E-state index contributed by atoms with van der Waals surface area (Å²) in [6.45, 7) is 9.91. The normalized spacial score (nSPS) is 11.8. The summed E-state index contributed by atoms with van der Waals surface area (Å²) >= 11 is 0. The van der Waals surface area contributed by atoms with Crippen molar-refractivity contribution in [2.24, 2.45) is 7.05 Å². The molecule has 0 aliphatic rings. The van der Waals surface area contributed by atoms with Crippen molar-refractivity contribution in [3.05, 3.63) is 35.7 Å². The molecular formula is C11H16N2. The van der Waals surface area contributed by atoms with Gasteiger partial charge in [0.1, 0.15) is 0 Å². The zero-order valence-corrected chi connectivity index (χ0v) is 8.76. The van der Waals surface area contributed by atoms with E-state index in [1.807, 2.05) is 31.7 Å². The quantitative estimate of drug-likeness (QED) is 0.633. The second-order valence-electron chi connectivity index (χ2n) is 3.13. The standard InChI is InChI=1S/C11H16N2/c1-6-10(7-2)11-8(3)9(4)12-13(11)5/h6-7H,1H2,2-5H3/b10-7-. The molecule has 0 unspecified atom stereocenters. The Balaban J connectivity index is 3.35. The van der Waals surface area contributed by atoms with Gasteiger partial charge in [0.2, 0.25) is 0 Å². The van der Waals surface area contributed by atoms with E-state index >= 15 is 0 Å². The van der Waals surface area contributed by atoms with Gasteiger partial charge in [-0.05, 0) is 31.9 Å². The summed E-state index contributed by atoms with van der Waals surface area (Å²) in [6.07, 6.45) is 3.92. The van der Waals surface area contributed by atoms with E-state index in [0.717, 1.165) is 17.0 Å². The first kappa shape index (κ1) is 9.78. The van der Waals surface area contributed by atoms with Crippen LogP contribution in [0.4, 0.5) is 0 Å². The molecule has 0 aliphatic carbocycles. The van der Waals surface area contributed by atoms with Crippen LogP contribution >= 0.6 is 0 Å². The molecule has 0 bridgehead atoms. The maximum atomic E-state index is 4.36. The Morgan fingerprint density at radius 3 is 2.38 bits per heavy atom. The number of aryl methyl sites for hydroxylation is 2. The molecule has 0 saturated heterocycles. The first-order valence-corrected chi connectivity index (χ1v) is 4.41. The number of aromatic nitrogens is 2. The third kappa shape index (κ3) is 1.57. The van der Waals surface area contributed by atoms with Crippen molar-refractivity contribution in [2.45, 2.75) is 20.8 Å². The number of nitrogens with zero attached hydrogens (tertiary/aromatic N) is 2. The predicted octanol–water partition coefficient (Wildman–Crippen LogP) is 2.63. The fraction of sp³-hybridized carbons (Fsp3) is 0.364. The fourth-order valence-corrected chi connectivity index (χ4v) is 1.52. The lowest BCUT2D eigenvalue weighted by Gasteiger charge is -2.03. The minimum Gasteiger partial charge on any atom is -0.267 e. The van der Waals surface area contributed by atoms with Gasteiger partial charge in [-0.3, -0.25) is 4.68 Å². The summed E-state index contributed by atoms with van der Waals surface area (Å²) in [7, 11) is 1.96. The minimum absolute atomic E-state index is 1.08. The average molecular weight is 176 g/mol. The van der Waals surface area contributed by atoms with Crippen molar-refractivity contribution in [2.75, 3.05) is 0 Å². The Kier molecular flexibility index (Phi) is 2.71. The second-order valence-corrected chi connectivity index (χ2v) is 3.13. The summed E-state index contributed by atoms with van der Waals surface area (Å²) in [4.78, 5) is 0. The number of rotatable bonds is 2. The van der Waals surface area contributed by atoms with Crippen LogP contribution in [0.5, 0.6) is 0 Å². The van der Waals surface area contributed by atoms with Crippen LogP contribution in [0.1, 0.15) is 23.9 Å². The summed E-state index contributed by atoms with van der Waals surface area (Å²) in [6, 6.07) is 0. The highest BCUT2D eigenvalue weighted by Gasteiger charge is 2.10. The molecule has 0 aliphatic heterocycles. The van der Waals surface area contributed by atoms with Crippen LogP contribution in [0.15, 0.2) is 18.7 Å². The van der Waals surface area contributed by atoms with Gasteiger partial charge >= 0.3 is 0 Å². The molecule has 1 heterocycles. The maximum absolute atomic E-state index is 4.36. The molecule has 2 nitrogen and oxygen atoms in total. The monoisotopic (exact) mass is 176 g/mol. The third-order valence-electron chi connectivity index (χ3n) is 2.33. The topological polar surface area (TPSA) is 17.8 Å². The summed E-state index contributed by atoms with van der Waals surface area (Å²) < 4.78 is 1.90.